The zero-order valence-corrected chi connectivity index (χ0v) is 30.3. The largest absolute Gasteiger partial charge is 0.507 e. The average molecular weight is 784 g/mol. The Labute approximate surface area is 286 Å². The monoisotopic (exact) mass is 780 g/mol. The first-order valence-electron chi connectivity index (χ1n) is 12.5. The molecule has 0 unspecified atom stereocenters. The van der Waals surface area contributed by atoms with E-state index in [1.165, 1.54) is 22.7 Å². The molecule has 43 heavy (non-hydrogen) atoms. The Morgan fingerprint density at radius 1 is 0.581 bits per heavy atom. The minimum Gasteiger partial charge on any atom is -0.507 e. The Kier molecular flexibility index (Phi) is 12.1. The Balaban J connectivity index is 0.000000192. The molecule has 11 heteroatoms. The second-order valence-corrected chi connectivity index (χ2v) is 12.2. The molecule has 2 heterocycles. The molecule has 0 spiro atoms. The van der Waals surface area contributed by atoms with Crippen LogP contribution in [0.1, 0.15) is 11.1 Å². The molecule has 4 aromatic carbocycles. The van der Waals surface area contributed by atoms with Gasteiger partial charge >= 0.3 is 0 Å². The van der Waals surface area contributed by atoms with Crippen LogP contribution >= 0.6 is 54.5 Å². The van der Waals surface area contributed by atoms with Crippen molar-refractivity contribution in [1.29, 1.82) is 0 Å². The predicted molar refractivity (Wildman–Crippen MR) is 181 cm³/mol. The predicted octanol–water partition coefficient (Wildman–Crippen LogP) is 10.1. The molecule has 0 fully saturated rings. The fourth-order valence-corrected chi connectivity index (χ4v) is 5.74. The van der Waals surface area contributed by atoms with Gasteiger partial charge in [-0.2, -0.15) is 0 Å². The molecule has 6 rings (SSSR count). The van der Waals surface area contributed by atoms with Crippen molar-refractivity contribution in [3.63, 3.8) is 0 Å². The van der Waals surface area contributed by atoms with Crippen LogP contribution in [0.25, 0.3) is 22.5 Å². The van der Waals surface area contributed by atoms with E-state index in [0.717, 1.165) is 31.5 Å². The Morgan fingerprint density at radius 3 is 1.37 bits per heavy atom. The van der Waals surface area contributed by atoms with E-state index in [4.69, 9.17) is 0 Å². The molecule has 0 saturated carbocycles. The van der Waals surface area contributed by atoms with Gasteiger partial charge in [-0.25, -0.2) is 20.0 Å². The van der Waals surface area contributed by atoms with Gasteiger partial charge in [0.2, 0.25) is 10.3 Å². The van der Waals surface area contributed by atoms with Gasteiger partial charge in [0, 0.05) is 73.9 Å². The molecule has 0 aliphatic heterocycles. The smallest absolute Gasteiger partial charge is 0.209 e. The van der Waals surface area contributed by atoms with Crippen LogP contribution in [0.5, 0.6) is 11.5 Å². The molecule has 6 nitrogen and oxygen atoms in total. The number of phenolic OH excluding ortho intramolecular Hbond substituents is 2. The van der Waals surface area contributed by atoms with Crippen LogP contribution in [-0.2, 0) is 19.5 Å². The minimum absolute atomic E-state index is 0. The van der Waals surface area contributed by atoms with Crippen molar-refractivity contribution in [3.8, 4) is 34.0 Å². The molecule has 2 aromatic heterocycles. The topological polar surface area (TPSA) is 91.0 Å². The number of thiazole rings is 2. The van der Waals surface area contributed by atoms with E-state index in [2.05, 4.69) is 51.8 Å². The summed E-state index contributed by atoms with van der Waals surface area (Å²) in [5.41, 5.74) is 5.26. The zero-order valence-electron chi connectivity index (χ0n) is 22.5. The van der Waals surface area contributed by atoms with Gasteiger partial charge in [0.1, 0.15) is 11.5 Å². The first-order valence-corrected chi connectivity index (χ1v) is 15.9. The third-order valence-corrected chi connectivity index (χ3v) is 8.21. The molecule has 0 amide bonds. The van der Waals surface area contributed by atoms with Crippen LogP contribution in [0.3, 0.4) is 0 Å². The fraction of sp³-hybridized carbons (Fsp3) is 0. The second kappa shape index (κ2) is 15.9. The third-order valence-electron chi connectivity index (χ3n) is 5.73. The molecular formula is C32H22Br2N4O2S2Zn. The van der Waals surface area contributed by atoms with Gasteiger partial charge in [-0.3, -0.25) is 0 Å². The molecule has 0 aliphatic carbocycles. The summed E-state index contributed by atoms with van der Waals surface area (Å²) in [6, 6.07) is 30.4. The van der Waals surface area contributed by atoms with Crippen molar-refractivity contribution < 1.29 is 29.7 Å². The third kappa shape index (κ3) is 9.32. The standard InChI is InChI=1S/2C16H11BrN2OS.Zn/c2*17-13-6-7-15(20)12(8-13)9-18-16-19-14(10-21-16)11-4-2-1-3-5-11;/h2*1-10,20H;. The van der Waals surface area contributed by atoms with E-state index in [0.29, 0.717) is 21.4 Å². The summed E-state index contributed by atoms with van der Waals surface area (Å²) >= 11 is 9.69. The van der Waals surface area contributed by atoms with E-state index in [1.807, 2.05) is 83.6 Å². The van der Waals surface area contributed by atoms with Crippen molar-refractivity contribution in [2.45, 2.75) is 0 Å². The first kappa shape index (κ1) is 32.6. The summed E-state index contributed by atoms with van der Waals surface area (Å²) in [7, 11) is 0. The maximum atomic E-state index is 9.77. The molecular weight excluding hydrogens is 762 g/mol. The number of hydrogen-bond donors (Lipinski definition) is 2. The summed E-state index contributed by atoms with van der Waals surface area (Å²) in [4.78, 5) is 17.6. The molecule has 0 radical (unpaired) electrons. The Bertz CT molecular complexity index is 1710. The number of rotatable bonds is 6. The number of phenols is 2. The van der Waals surface area contributed by atoms with Crippen LogP contribution < -0.4 is 0 Å². The van der Waals surface area contributed by atoms with E-state index in [-0.39, 0.29) is 31.0 Å². The molecule has 210 valence electrons. The van der Waals surface area contributed by atoms with E-state index >= 15 is 0 Å². The SMILES string of the molecule is Oc1ccc(Br)cc1C=Nc1nc(-c2ccccc2)cs1.Oc1ccc(Br)cc1C=Nc1nc(-c2ccccc2)cs1.[Zn]. The minimum atomic E-state index is 0. The van der Waals surface area contributed by atoms with Crippen molar-refractivity contribution in [2.24, 2.45) is 9.98 Å². The number of aromatic hydroxyl groups is 2. The molecule has 0 atom stereocenters. The van der Waals surface area contributed by atoms with Crippen LogP contribution in [0.15, 0.2) is 127 Å². The van der Waals surface area contributed by atoms with Crippen LogP contribution in [0.4, 0.5) is 10.3 Å². The summed E-state index contributed by atoms with van der Waals surface area (Å²) in [6.07, 6.45) is 3.24. The van der Waals surface area contributed by atoms with Gasteiger partial charge in [0.05, 0.1) is 11.4 Å². The van der Waals surface area contributed by atoms with Gasteiger partial charge < -0.3 is 10.2 Å². The van der Waals surface area contributed by atoms with Gasteiger partial charge in [0.25, 0.3) is 0 Å². The average Bonchev–Trinajstić information content (AvgIpc) is 3.70. The van der Waals surface area contributed by atoms with Crippen LogP contribution in [0, 0.1) is 0 Å². The number of halogens is 2. The van der Waals surface area contributed by atoms with Crippen LogP contribution in [-0.4, -0.2) is 32.6 Å². The Morgan fingerprint density at radius 2 is 0.977 bits per heavy atom. The number of hydrogen-bond acceptors (Lipinski definition) is 8. The van der Waals surface area contributed by atoms with Crippen molar-refractivity contribution in [1.82, 2.24) is 9.97 Å². The summed E-state index contributed by atoms with van der Waals surface area (Å²) < 4.78 is 1.79. The van der Waals surface area contributed by atoms with Crippen LogP contribution in [0.2, 0.25) is 0 Å². The van der Waals surface area contributed by atoms with Crippen molar-refractivity contribution >= 4 is 77.2 Å². The molecule has 2 N–H and O–H groups in total. The number of benzene rings is 4. The van der Waals surface area contributed by atoms with E-state index < -0.39 is 0 Å². The van der Waals surface area contributed by atoms with E-state index in [1.54, 1.807) is 36.7 Å². The van der Waals surface area contributed by atoms with E-state index in [9.17, 15) is 10.2 Å². The van der Waals surface area contributed by atoms with Gasteiger partial charge in [0.15, 0.2) is 0 Å². The number of aliphatic imine (C=N–C) groups is 2. The molecule has 0 saturated heterocycles. The van der Waals surface area contributed by atoms with Crippen molar-refractivity contribution in [3.05, 3.63) is 128 Å². The number of aromatic nitrogens is 2. The summed E-state index contributed by atoms with van der Waals surface area (Å²) in [5.74, 6) is 0.392. The molecule has 0 aliphatic rings. The molecule has 0 bridgehead atoms. The summed E-state index contributed by atoms with van der Waals surface area (Å²) in [5, 5.41) is 24.8. The maximum Gasteiger partial charge on any atom is 0.209 e. The van der Waals surface area contributed by atoms with Crippen molar-refractivity contribution in [2.75, 3.05) is 0 Å². The second-order valence-electron chi connectivity index (χ2n) is 8.69. The first-order chi connectivity index (χ1) is 20.4. The fourth-order valence-electron chi connectivity index (χ4n) is 3.64. The maximum absolute atomic E-state index is 9.77. The number of nitrogens with zero attached hydrogens (tertiary/aromatic N) is 4. The molecule has 6 aromatic rings. The van der Waals surface area contributed by atoms with Gasteiger partial charge in [-0.05, 0) is 36.4 Å². The summed E-state index contributed by atoms with van der Waals surface area (Å²) in [6.45, 7) is 0. The van der Waals surface area contributed by atoms with Gasteiger partial charge in [-0.1, -0.05) is 92.5 Å². The Hall–Kier alpha value is -3.34. The zero-order chi connectivity index (χ0) is 29.3. The normalized spacial score (nSPS) is 10.8. The quantitative estimate of drug-likeness (QED) is 0.130. The van der Waals surface area contributed by atoms with Gasteiger partial charge in [-0.15, -0.1) is 22.7 Å².